The molecule has 1 atom stereocenters. The van der Waals surface area contributed by atoms with Gasteiger partial charge >= 0.3 is 5.97 Å². The summed E-state index contributed by atoms with van der Waals surface area (Å²) in [6.07, 6.45) is 1.60. The third-order valence-electron chi connectivity index (χ3n) is 3.29. The van der Waals surface area contributed by atoms with E-state index in [2.05, 4.69) is 20.0 Å². The Kier molecular flexibility index (Phi) is 3.47. The van der Waals surface area contributed by atoms with E-state index in [4.69, 9.17) is 5.11 Å². The number of nitrogens with zero attached hydrogens (tertiary/aromatic N) is 5. The molecule has 0 radical (unpaired) electrons. The molecule has 0 saturated carbocycles. The van der Waals surface area contributed by atoms with Crippen molar-refractivity contribution in [1.29, 1.82) is 0 Å². The predicted octanol–water partition coefficient (Wildman–Crippen LogP) is 0.829. The van der Waals surface area contributed by atoms with E-state index >= 15 is 0 Å². The molecule has 0 aliphatic carbocycles. The summed E-state index contributed by atoms with van der Waals surface area (Å²) in [5, 5.41) is 13.3. The molecule has 0 spiro atoms. The van der Waals surface area contributed by atoms with E-state index in [1.807, 2.05) is 13.0 Å². The molecule has 0 bridgehead atoms. The number of aliphatic carboxylic acids is 1. The summed E-state index contributed by atoms with van der Waals surface area (Å²) in [6.45, 7) is 2.71. The van der Waals surface area contributed by atoms with Gasteiger partial charge in [-0.25, -0.2) is 4.98 Å². The molecule has 106 valence electrons. The molecule has 1 fully saturated rings. The topological polar surface area (TPSA) is 83.6 Å². The smallest absolute Gasteiger partial charge is 0.305 e. The maximum Gasteiger partial charge on any atom is 0.305 e. The lowest BCUT2D eigenvalue weighted by Crippen LogP contribution is -2.44. The third kappa shape index (κ3) is 2.43. The fraction of sp³-hybridized carbons (Fsp3) is 0.500. The molecule has 20 heavy (non-hydrogen) atoms. The van der Waals surface area contributed by atoms with Crippen molar-refractivity contribution < 1.29 is 9.90 Å². The summed E-state index contributed by atoms with van der Waals surface area (Å²) < 4.78 is 1.68. The summed E-state index contributed by atoms with van der Waals surface area (Å²) in [6, 6.07) is 1.91. The lowest BCUT2D eigenvalue weighted by molar-refractivity contribution is -0.137. The van der Waals surface area contributed by atoms with Crippen molar-refractivity contribution in [2.45, 2.75) is 19.4 Å². The van der Waals surface area contributed by atoms with Crippen molar-refractivity contribution in [1.82, 2.24) is 19.6 Å². The average molecular weight is 293 g/mol. The maximum atomic E-state index is 11.0. The standard InChI is InChI=1S/C12H15N5O2S/c1-8-4-10(17-12(15-8)13-7-14-17)16-2-3-20-6-9(16)5-11(18)19/h4,7,9H,2-3,5-6H2,1H3,(H,18,19). The zero-order valence-electron chi connectivity index (χ0n) is 11.1. The van der Waals surface area contributed by atoms with Gasteiger partial charge in [-0.05, 0) is 6.92 Å². The molecule has 1 N–H and O–H groups in total. The van der Waals surface area contributed by atoms with Crippen LogP contribution in [-0.2, 0) is 4.79 Å². The summed E-state index contributed by atoms with van der Waals surface area (Å²) >= 11 is 1.79. The quantitative estimate of drug-likeness (QED) is 0.897. The second-order valence-corrected chi connectivity index (χ2v) is 5.90. The number of thioether (sulfide) groups is 1. The molecule has 1 aliphatic heterocycles. The van der Waals surface area contributed by atoms with Gasteiger partial charge in [-0.3, -0.25) is 4.79 Å². The highest BCUT2D eigenvalue weighted by Crippen LogP contribution is 2.26. The molecule has 2 aromatic rings. The van der Waals surface area contributed by atoms with Gasteiger partial charge in [-0.15, -0.1) is 0 Å². The van der Waals surface area contributed by atoms with Gasteiger partial charge in [-0.2, -0.15) is 26.4 Å². The Hall–Kier alpha value is -1.83. The van der Waals surface area contributed by atoms with Crippen LogP contribution < -0.4 is 4.90 Å². The lowest BCUT2D eigenvalue weighted by Gasteiger charge is -2.36. The highest BCUT2D eigenvalue weighted by Gasteiger charge is 2.27. The van der Waals surface area contributed by atoms with Crippen LogP contribution in [0.3, 0.4) is 0 Å². The van der Waals surface area contributed by atoms with Crippen molar-refractivity contribution in [3.8, 4) is 0 Å². The molecule has 3 rings (SSSR count). The Morgan fingerprint density at radius 1 is 1.60 bits per heavy atom. The average Bonchev–Trinajstić information content (AvgIpc) is 2.86. The van der Waals surface area contributed by atoms with Crippen LogP contribution in [0.5, 0.6) is 0 Å². The van der Waals surface area contributed by atoms with E-state index in [-0.39, 0.29) is 12.5 Å². The van der Waals surface area contributed by atoms with E-state index in [9.17, 15) is 4.79 Å². The summed E-state index contributed by atoms with van der Waals surface area (Å²) in [5.41, 5.74) is 0.854. The summed E-state index contributed by atoms with van der Waals surface area (Å²) in [4.78, 5) is 21.6. The van der Waals surface area contributed by atoms with Gasteiger partial charge in [0.15, 0.2) is 0 Å². The second-order valence-electron chi connectivity index (χ2n) is 4.75. The van der Waals surface area contributed by atoms with Crippen LogP contribution in [0.4, 0.5) is 5.82 Å². The minimum absolute atomic E-state index is 0.0274. The minimum Gasteiger partial charge on any atom is -0.481 e. The number of anilines is 1. The second kappa shape index (κ2) is 5.28. The number of fused-ring (bicyclic) bond motifs is 1. The van der Waals surface area contributed by atoms with Gasteiger partial charge in [0.25, 0.3) is 5.78 Å². The maximum absolute atomic E-state index is 11.0. The Balaban J connectivity index is 2.02. The molecule has 7 nitrogen and oxygen atoms in total. The number of carboxylic acid groups (broad SMARTS) is 1. The molecule has 1 unspecified atom stereocenters. The first-order valence-corrected chi connectivity index (χ1v) is 7.54. The number of rotatable bonds is 3. The van der Waals surface area contributed by atoms with Crippen LogP contribution in [0.1, 0.15) is 12.1 Å². The highest BCUT2D eigenvalue weighted by molar-refractivity contribution is 7.99. The first-order valence-electron chi connectivity index (χ1n) is 6.38. The first kappa shape index (κ1) is 13.2. The van der Waals surface area contributed by atoms with Crippen LogP contribution in [-0.4, -0.2) is 54.8 Å². The Labute approximate surface area is 120 Å². The molecule has 0 amide bonds. The molecule has 1 saturated heterocycles. The number of aromatic nitrogens is 4. The zero-order chi connectivity index (χ0) is 14.1. The van der Waals surface area contributed by atoms with Crippen molar-refractivity contribution in [2.75, 3.05) is 23.0 Å². The minimum atomic E-state index is -0.775. The molecule has 1 aliphatic rings. The molecule has 3 heterocycles. The molecular weight excluding hydrogens is 278 g/mol. The predicted molar refractivity (Wildman–Crippen MR) is 76.2 cm³/mol. The highest BCUT2D eigenvalue weighted by atomic mass is 32.2. The van der Waals surface area contributed by atoms with Crippen LogP contribution >= 0.6 is 11.8 Å². The fourth-order valence-electron chi connectivity index (χ4n) is 2.44. The van der Waals surface area contributed by atoms with Crippen LogP contribution in [0.2, 0.25) is 0 Å². The normalized spacial score (nSPS) is 19.4. The summed E-state index contributed by atoms with van der Waals surface area (Å²) in [7, 11) is 0. The Bertz CT molecular complexity index is 644. The van der Waals surface area contributed by atoms with E-state index in [1.165, 1.54) is 6.33 Å². The SMILES string of the molecule is Cc1cc(N2CCSCC2CC(=O)O)n2ncnc2n1. The van der Waals surface area contributed by atoms with E-state index < -0.39 is 5.97 Å². The van der Waals surface area contributed by atoms with Gasteiger partial charge in [0.2, 0.25) is 0 Å². The lowest BCUT2D eigenvalue weighted by atomic mass is 10.2. The van der Waals surface area contributed by atoms with Crippen LogP contribution in [0, 0.1) is 6.92 Å². The number of hydrogen-bond donors (Lipinski definition) is 1. The fourth-order valence-corrected chi connectivity index (χ4v) is 3.51. The van der Waals surface area contributed by atoms with Gasteiger partial charge in [-0.1, -0.05) is 0 Å². The van der Waals surface area contributed by atoms with Crippen molar-refractivity contribution in [3.05, 3.63) is 18.1 Å². The third-order valence-corrected chi connectivity index (χ3v) is 4.38. The van der Waals surface area contributed by atoms with Crippen molar-refractivity contribution >= 4 is 29.3 Å². The van der Waals surface area contributed by atoms with Gasteiger partial charge in [0, 0.05) is 35.9 Å². The molecular formula is C12H15N5O2S. The monoisotopic (exact) mass is 293 g/mol. The van der Waals surface area contributed by atoms with Crippen molar-refractivity contribution in [2.24, 2.45) is 0 Å². The van der Waals surface area contributed by atoms with Crippen LogP contribution in [0.25, 0.3) is 5.78 Å². The zero-order valence-corrected chi connectivity index (χ0v) is 11.9. The number of aryl methyl sites for hydroxylation is 1. The van der Waals surface area contributed by atoms with E-state index in [0.29, 0.717) is 5.78 Å². The van der Waals surface area contributed by atoms with Gasteiger partial charge < -0.3 is 10.0 Å². The first-order chi connectivity index (χ1) is 9.65. The number of hydrogen-bond acceptors (Lipinski definition) is 6. The van der Waals surface area contributed by atoms with E-state index in [0.717, 1.165) is 29.6 Å². The van der Waals surface area contributed by atoms with Gasteiger partial charge in [0.05, 0.1) is 6.42 Å². The Morgan fingerprint density at radius 3 is 3.25 bits per heavy atom. The number of carbonyl (C=O) groups is 1. The van der Waals surface area contributed by atoms with E-state index in [1.54, 1.807) is 16.3 Å². The molecule has 8 heteroatoms. The summed E-state index contributed by atoms with van der Waals surface area (Å²) in [5.74, 6) is 2.43. The van der Waals surface area contributed by atoms with Crippen molar-refractivity contribution in [3.63, 3.8) is 0 Å². The largest absolute Gasteiger partial charge is 0.481 e. The number of carboxylic acids is 1. The van der Waals surface area contributed by atoms with Crippen LogP contribution in [0.15, 0.2) is 12.4 Å². The van der Waals surface area contributed by atoms with Gasteiger partial charge in [0.1, 0.15) is 12.1 Å². The molecule has 2 aromatic heterocycles. The Morgan fingerprint density at radius 2 is 2.45 bits per heavy atom. The molecule has 0 aromatic carbocycles.